The summed E-state index contributed by atoms with van der Waals surface area (Å²) in [5.41, 5.74) is 1.93. The minimum Gasteiger partial charge on any atom is -0.507 e. The van der Waals surface area contributed by atoms with E-state index in [1.807, 2.05) is 24.3 Å². The zero-order valence-corrected chi connectivity index (χ0v) is 14.4. The van der Waals surface area contributed by atoms with Crippen molar-refractivity contribution < 1.29 is 28.8 Å². The summed E-state index contributed by atoms with van der Waals surface area (Å²) in [5, 5.41) is 10.3. The zero-order chi connectivity index (χ0) is 17.6. The van der Waals surface area contributed by atoms with Gasteiger partial charge in [0.05, 0.1) is 6.61 Å². The van der Waals surface area contributed by atoms with E-state index in [2.05, 4.69) is 0 Å². The number of hydrogen-bond donors (Lipinski definition) is 1. The van der Waals surface area contributed by atoms with E-state index >= 15 is 0 Å². The quantitative estimate of drug-likeness (QED) is 0.777. The van der Waals surface area contributed by atoms with Gasteiger partial charge in [0.15, 0.2) is 13.6 Å². The Bertz CT molecular complexity index is 698. The number of hydrogen-bond acceptors (Lipinski definition) is 6. The monoisotopic (exact) mass is 346 g/mol. The second-order valence-corrected chi connectivity index (χ2v) is 5.80. The maximum atomic E-state index is 10.3. The van der Waals surface area contributed by atoms with Crippen LogP contribution in [0.2, 0.25) is 0 Å². The van der Waals surface area contributed by atoms with Crippen LogP contribution < -0.4 is 14.2 Å². The summed E-state index contributed by atoms with van der Waals surface area (Å²) in [5.74, 6) is 2.28. The molecule has 1 heterocycles. The number of benzene rings is 2. The second kappa shape index (κ2) is 8.09. The Kier molecular flexibility index (Phi) is 5.63. The Hall–Kier alpha value is -2.44. The van der Waals surface area contributed by atoms with Crippen molar-refractivity contribution in [2.45, 2.75) is 12.3 Å². The summed E-state index contributed by atoms with van der Waals surface area (Å²) in [7, 11) is 3.13. The summed E-state index contributed by atoms with van der Waals surface area (Å²) in [6.07, 6.45) is 0.698. The fraction of sp³-hybridized carbons (Fsp3) is 0.368. The summed E-state index contributed by atoms with van der Waals surface area (Å²) >= 11 is 0. The molecule has 3 rings (SSSR count). The zero-order valence-electron chi connectivity index (χ0n) is 14.4. The van der Waals surface area contributed by atoms with Crippen molar-refractivity contribution in [2.75, 3.05) is 34.4 Å². The molecule has 0 aromatic heterocycles. The maximum Gasteiger partial charge on any atom is 0.188 e. The highest BCUT2D eigenvalue weighted by Crippen LogP contribution is 2.40. The van der Waals surface area contributed by atoms with Crippen LogP contribution in [-0.2, 0) is 15.9 Å². The van der Waals surface area contributed by atoms with E-state index in [1.54, 1.807) is 26.4 Å². The molecule has 0 spiro atoms. The standard InChI is InChI=1S/C19H22O6/c1-21-11-24-15-5-3-13(4-6-15)14-7-17-18(20)8-16(25-12-22-2)9-19(17)23-10-14/h3-6,8-9,14,20H,7,10-12H2,1-2H3/t14-/m1/s1. The molecule has 0 saturated carbocycles. The number of methoxy groups -OCH3 is 2. The summed E-state index contributed by atoms with van der Waals surface area (Å²) < 4.78 is 26.4. The van der Waals surface area contributed by atoms with Crippen LogP contribution in [0.1, 0.15) is 17.0 Å². The van der Waals surface area contributed by atoms with Gasteiger partial charge < -0.3 is 28.8 Å². The van der Waals surface area contributed by atoms with E-state index in [1.165, 1.54) is 0 Å². The van der Waals surface area contributed by atoms with E-state index in [0.29, 0.717) is 24.5 Å². The van der Waals surface area contributed by atoms with Crippen LogP contribution >= 0.6 is 0 Å². The van der Waals surface area contributed by atoms with Crippen LogP contribution in [0.25, 0.3) is 0 Å². The molecule has 0 radical (unpaired) electrons. The van der Waals surface area contributed by atoms with Gasteiger partial charge in [0.1, 0.15) is 23.0 Å². The van der Waals surface area contributed by atoms with Gasteiger partial charge in [-0.1, -0.05) is 12.1 Å². The molecule has 2 aromatic rings. The molecule has 1 atom stereocenters. The Morgan fingerprint density at radius 1 is 1.00 bits per heavy atom. The van der Waals surface area contributed by atoms with Crippen molar-refractivity contribution in [1.82, 2.24) is 0 Å². The Balaban J connectivity index is 1.72. The van der Waals surface area contributed by atoms with E-state index in [-0.39, 0.29) is 25.3 Å². The van der Waals surface area contributed by atoms with Crippen LogP contribution in [0.5, 0.6) is 23.0 Å². The predicted octanol–water partition coefficient (Wildman–Crippen LogP) is 3.08. The van der Waals surface area contributed by atoms with Crippen molar-refractivity contribution in [1.29, 1.82) is 0 Å². The van der Waals surface area contributed by atoms with E-state index in [9.17, 15) is 5.11 Å². The lowest BCUT2D eigenvalue weighted by Gasteiger charge is -2.27. The fourth-order valence-corrected chi connectivity index (χ4v) is 2.82. The average Bonchev–Trinajstić information content (AvgIpc) is 2.65. The smallest absolute Gasteiger partial charge is 0.188 e. The lowest BCUT2D eigenvalue weighted by molar-refractivity contribution is 0.0505. The van der Waals surface area contributed by atoms with Crippen LogP contribution in [0.15, 0.2) is 36.4 Å². The van der Waals surface area contributed by atoms with E-state index < -0.39 is 0 Å². The van der Waals surface area contributed by atoms with E-state index in [4.69, 9.17) is 23.7 Å². The molecule has 6 heteroatoms. The molecule has 1 aliphatic heterocycles. The highest BCUT2D eigenvalue weighted by molar-refractivity contribution is 5.52. The minimum absolute atomic E-state index is 0.123. The van der Waals surface area contributed by atoms with E-state index in [0.717, 1.165) is 16.9 Å². The maximum absolute atomic E-state index is 10.3. The third-order valence-electron chi connectivity index (χ3n) is 4.09. The SMILES string of the molecule is COCOc1ccc([C@H]2COc3cc(OCOC)cc(O)c3C2)cc1. The lowest BCUT2D eigenvalue weighted by Crippen LogP contribution is -2.19. The molecule has 25 heavy (non-hydrogen) atoms. The minimum atomic E-state index is 0.123. The number of aromatic hydroxyl groups is 1. The highest BCUT2D eigenvalue weighted by atomic mass is 16.7. The van der Waals surface area contributed by atoms with Crippen LogP contribution in [-0.4, -0.2) is 39.5 Å². The van der Waals surface area contributed by atoms with Crippen molar-refractivity contribution in [3.05, 3.63) is 47.5 Å². The van der Waals surface area contributed by atoms with Gasteiger partial charge in [-0.2, -0.15) is 0 Å². The van der Waals surface area contributed by atoms with Gasteiger partial charge in [-0.15, -0.1) is 0 Å². The largest absolute Gasteiger partial charge is 0.507 e. The van der Waals surface area contributed by atoms with Crippen LogP contribution in [0, 0.1) is 0 Å². The molecular formula is C19H22O6. The van der Waals surface area contributed by atoms with Crippen molar-refractivity contribution in [3.8, 4) is 23.0 Å². The van der Waals surface area contributed by atoms with Gasteiger partial charge in [0.2, 0.25) is 0 Å². The molecule has 0 fully saturated rings. The van der Waals surface area contributed by atoms with Crippen LogP contribution in [0.4, 0.5) is 0 Å². The lowest BCUT2D eigenvalue weighted by atomic mass is 9.90. The molecule has 0 amide bonds. The number of fused-ring (bicyclic) bond motifs is 1. The molecule has 0 aliphatic carbocycles. The molecule has 134 valence electrons. The number of rotatable bonds is 7. The summed E-state index contributed by atoms with van der Waals surface area (Å²) in [4.78, 5) is 0. The first-order chi connectivity index (χ1) is 12.2. The Labute approximate surface area is 146 Å². The average molecular weight is 346 g/mol. The van der Waals surface area contributed by atoms with Gasteiger partial charge >= 0.3 is 0 Å². The molecular weight excluding hydrogens is 324 g/mol. The molecule has 0 unspecified atom stereocenters. The first kappa shape index (κ1) is 17.4. The molecule has 2 aromatic carbocycles. The number of phenolic OH excluding ortho intramolecular Hbond substituents is 1. The van der Waals surface area contributed by atoms with Gasteiger partial charge in [-0.3, -0.25) is 0 Å². The molecule has 0 bridgehead atoms. The Morgan fingerprint density at radius 3 is 2.36 bits per heavy atom. The van der Waals surface area contributed by atoms with Gasteiger partial charge in [-0.05, 0) is 24.1 Å². The molecule has 1 N–H and O–H groups in total. The summed E-state index contributed by atoms with van der Waals surface area (Å²) in [6.45, 7) is 0.886. The molecule has 0 saturated heterocycles. The van der Waals surface area contributed by atoms with Gasteiger partial charge in [0.25, 0.3) is 0 Å². The third-order valence-corrected chi connectivity index (χ3v) is 4.09. The number of ether oxygens (including phenoxy) is 5. The fourth-order valence-electron chi connectivity index (χ4n) is 2.82. The van der Waals surface area contributed by atoms with Crippen molar-refractivity contribution in [3.63, 3.8) is 0 Å². The molecule has 1 aliphatic rings. The molecule has 6 nitrogen and oxygen atoms in total. The normalized spacial score (nSPS) is 16.0. The van der Waals surface area contributed by atoms with Crippen molar-refractivity contribution in [2.24, 2.45) is 0 Å². The van der Waals surface area contributed by atoms with Crippen molar-refractivity contribution >= 4 is 0 Å². The first-order valence-corrected chi connectivity index (χ1v) is 8.03. The summed E-state index contributed by atoms with van der Waals surface area (Å²) in [6, 6.07) is 11.2. The Morgan fingerprint density at radius 2 is 1.68 bits per heavy atom. The van der Waals surface area contributed by atoms with Crippen LogP contribution in [0.3, 0.4) is 0 Å². The number of phenols is 1. The third kappa shape index (κ3) is 4.15. The van der Waals surface area contributed by atoms with Gasteiger partial charge in [-0.25, -0.2) is 0 Å². The van der Waals surface area contributed by atoms with Gasteiger partial charge in [0, 0.05) is 37.8 Å². The second-order valence-electron chi connectivity index (χ2n) is 5.80. The highest BCUT2D eigenvalue weighted by Gasteiger charge is 2.25. The first-order valence-electron chi connectivity index (χ1n) is 8.03. The topological polar surface area (TPSA) is 66.4 Å². The predicted molar refractivity (Wildman–Crippen MR) is 91.5 cm³/mol.